The van der Waals surface area contributed by atoms with Crippen molar-refractivity contribution >= 4 is 0 Å². The van der Waals surface area contributed by atoms with E-state index >= 15 is 0 Å². The second kappa shape index (κ2) is 3.58. The zero-order valence-corrected chi connectivity index (χ0v) is 8.70. The van der Waals surface area contributed by atoms with E-state index in [2.05, 4.69) is 6.92 Å². The van der Waals surface area contributed by atoms with Crippen LogP contribution < -0.4 is 5.73 Å². The van der Waals surface area contributed by atoms with Gasteiger partial charge in [-0.3, -0.25) is 0 Å². The quantitative estimate of drug-likeness (QED) is 0.724. The molecule has 2 aliphatic rings. The molecule has 0 heterocycles. The minimum Gasteiger partial charge on any atom is -0.380 e. The summed E-state index contributed by atoms with van der Waals surface area (Å²) in [5.74, 6) is 2.65. The maximum Gasteiger partial charge on any atom is 0.0696 e. The fourth-order valence-electron chi connectivity index (χ4n) is 3.27. The Labute approximate surface area is 80.8 Å². The van der Waals surface area contributed by atoms with Gasteiger partial charge in [-0.2, -0.15) is 0 Å². The van der Waals surface area contributed by atoms with Gasteiger partial charge in [0.25, 0.3) is 0 Å². The van der Waals surface area contributed by atoms with E-state index in [4.69, 9.17) is 10.5 Å². The van der Waals surface area contributed by atoms with Crippen LogP contribution in [0.5, 0.6) is 0 Å². The Morgan fingerprint density at radius 1 is 1.31 bits per heavy atom. The van der Waals surface area contributed by atoms with Crippen LogP contribution in [0.2, 0.25) is 0 Å². The molecule has 0 aromatic heterocycles. The van der Waals surface area contributed by atoms with Crippen LogP contribution in [0.25, 0.3) is 0 Å². The van der Waals surface area contributed by atoms with Crippen molar-refractivity contribution in [3.63, 3.8) is 0 Å². The average molecular weight is 183 g/mol. The first-order valence-corrected chi connectivity index (χ1v) is 5.50. The highest BCUT2D eigenvalue weighted by Gasteiger charge is 2.43. The molecular weight excluding hydrogens is 162 g/mol. The Balaban J connectivity index is 1.94. The molecule has 2 fully saturated rings. The number of nitrogens with two attached hydrogens (primary N) is 1. The summed E-state index contributed by atoms with van der Waals surface area (Å²) >= 11 is 0. The summed E-state index contributed by atoms with van der Waals surface area (Å²) in [5.41, 5.74) is 6.19. The summed E-state index contributed by atoms with van der Waals surface area (Å²) in [6, 6.07) is 0.264. The minimum absolute atomic E-state index is 0.226. The highest BCUT2D eigenvalue weighted by molar-refractivity contribution is 4.95. The fraction of sp³-hybridized carbons (Fsp3) is 1.00. The van der Waals surface area contributed by atoms with Crippen molar-refractivity contribution in [2.75, 3.05) is 7.11 Å². The summed E-state index contributed by atoms with van der Waals surface area (Å²) in [6.07, 6.45) is 5.90. The molecule has 0 saturated heterocycles. The van der Waals surface area contributed by atoms with Crippen molar-refractivity contribution in [3.05, 3.63) is 0 Å². The third-order valence-corrected chi connectivity index (χ3v) is 4.20. The predicted molar refractivity (Wildman–Crippen MR) is 53.4 cm³/mol. The molecule has 5 unspecified atom stereocenters. The average Bonchev–Trinajstić information content (AvgIpc) is 2.76. The molecule has 2 saturated carbocycles. The molecule has 2 N–H and O–H groups in total. The van der Waals surface area contributed by atoms with Gasteiger partial charge < -0.3 is 10.5 Å². The van der Waals surface area contributed by atoms with E-state index in [1.165, 1.54) is 25.7 Å². The third kappa shape index (κ3) is 1.62. The first-order chi connectivity index (χ1) is 6.22. The van der Waals surface area contributed by atoms with Gasteiger partial charge in [0, 0.05) is 13.2 Å². The Kier molecular flexibility index (Phi) is 2.61. The molecule has 2 heteroatoms. The normalized spacial score (nSPS) is 42.2. The molecule has 5 atom stereocenters. The second-order valence-corrected chi connectivity index (χ2v) is 4.86. The monoisotopic (exact) mass is 183 g/mol. The van der Waals surface area contributed by atoms with Crippen LogP contribution in [0.1, 0.15) is 32.6 Å². The maximum absolute atomic E-state index is 6.19. The van der Waals surface area contributed by atoms with Gasteiger partial charge in [0.15, 0.2) is 0 Å². The molecule has 2 rings (SSSR count). The predicted octanol–water partition coefficient (Wildman–Crippen LogP) is 1.78. The van der Waals surface area contributed by atoms with Crippen molar-refractivity contribution < 1.29 is 4.74 Å². The number of methoxy groups -OCH3 is 1. The van der Waals surface area contributed by atoms with Gasteiger partial charge in [0.1, 0.15) is 0 Å². The van der Waals surface area contributed by atoms with Gasteiger partial charge >= 0.3 is 0 Å². The smallest absolute Gasteiger partial charge is 0.0696 e. The first-order valence-electron chi connectivity index (χ1n) is 5.50. The Bertz CT molecular complexity index is 183. The molecule has 0 aromatic rings. The number of ether oxygens (including phenoxy) is 1. The van der Waals surface area contributed by atoms with Gasteiger partial charge in [0.05, 0.1) is 6.10 Å². The number of rotatable bonds is 3. The van der Waals surface area contributed by atoms with Crippen LogP contribution in [0.4, 0.5) is 0 Å². The lowest BCUT2D eigenvalue weighted by Gasteiger charge is -2.30. The Morgan fingerprint density at radius 2 is 2.08 bits per heavy atom. The zero-order chi connectivity index (χ0) is 9.42. The summed E-state index contributed by atoms with van der Waals surface area (Å²) < 4.78 is 5.31. The van der Waals surface area contributed by atoms with Gasteiger partial charge in [-0.25, -0.2) is 0 Å². The van der Waals surface area contributed by atoms with Crippen molar-refractivity contribution in [2.24, 2.45) is 23.5 Å². The van der Waals surface area contributed by atoms with E-state index in [0.717, 1.165) is 17.8 Å². The van der Waals surface area contributed by atoms with Crippen molar-refractivity contribution in [1.82, 2.24) is 0 Å². The van der Waals surface area contributed by atoms with Crippen molar-refractivity contribution in [1.29, 1.82) is 0 Å². The Morgan fingerprint density at radius 3 is 2.54 bits per heavy atom. The SMILES string of the molecule is COC(C)C(N)C1CC2CCC1C2. The topological polar surface area (TPSA) is 35.2 Å². The van der Waals surface area contributed by atoms with E-state index in [9.17, 15) is 0 Å². The summed E-state index contributed by atoms with van der Waals surface area (Å²) in [5, 5.41) is 0. The molecule has 2 nitrogen and oxygen atoms in total. The summed E-state index contributed by atoms with van der Waals surface area (Å²) in [7, 11) is 1.76. The summed E-state index contributed by atoms with van der Waals surface area (Å²) in [6.45, 7) is 2.09. The van der Waals surface area contributed by atoms with E-state index in [0.29, 0.717) is 0 Å². The van der Waals surface area contributed by atoms with E-state index < -0.39 is 0 Å². The van der Waals surface area contributed by atoms with Gasteiger partial charge in [-0.1, -0.05) is 6.42 Å². The van der Waals surface area contributed by atoms with Gasteiger partial charge in [-0.05, 0) is 43.9 Å². The van der Waals surface area contributed by atoms with Crippen molar-refractivity contribution in [3.8, 4) is 0 Å². The molecule has 13 heavy (non-hydrogen) atoms. The second-order valence-electron chi connectivity index (χ2n) is 4.86. The Hall–Kier alpha value is -0.0800. The standard InChI is InChI=1S/C11H21NO/c1-7(13-2)11(12)10-6-8-3-4-9(10)5-8/h7-11H,3-6,12H2,1-2H3. The highest BCUT2D eigenvalue weighted by Crippen LogP contribution is 2.49. The first kappa shape index (κ1) is 9.47. The number of hydrogen-bond donors (Lipinski definition) is 1. The van der Waals surface area contributed by atoms with Gasteiger partial charge in [0.2, 0.25) is 0 Å². The molecule has 0 amide bonds. The fourth-order valence-corrected chi connectivity index (χ4v) is 3.27. The van der Waals surface area contributed by atoms with E-state index in [-0.39, 0.29) is 12.1 Å². The number of hydrogen-bond acceptors (Lipinski definition) is 2. The van der Waals surface area contributed by atoms with Crippen LogP contribution in [0.3, 0.4) is 0 Å². The van der Waals surface area contributed by atoms with Crippen LogP contribution in [0, 0.1) is 17.8 Å². The molecule has 0 aromatic carbocycles. The molecule has 0 radical (unpaired) electrons. The minimum atomic E-state index is 0.226. The lowest BCUT2D eigenvalue weighted by molar-refractivity contribution is 0.0637. The maximum atomic E-state index is 6.19. The molecular formula is C11H21NO. The lowest BCUT2D eigenvalue weighted by Crippen LogP contribution is -2.42. The van der Waals surface area contributed by atoms with Crippen LogP contribution >= 0.6 is 0 Å². The van der Waals surface area contributed by atoms with Crippen molar-refractivity contribution in [2.45, 2.75) is 44.8 Å². The number of fused-ring (bicyclic) bond motifs is 2. The van der Waals surface area contributed by atoms with E-state index in [1.807, 2.05) is 0 Å². The summed E-state index contributed by atoms with van der Waals surface area (Å²) in [4.78, 5) is 0. The largest absolute Gasteiger partial charge is 0.380 e. The van der Waals surface area contributed by atoms with Crippen LogP contribution in [-0.4, -0.2) is 19.3 Å². The van der Waals surface area contributed by atoms with Crippen LogP contribution in [-0.2, 0) is 4.74 Å². The molecule has 0 aliphatic heterocycles. The lowest BCUT2D eigenvalue weighted by atomic mass is 9.82. The molecule has 2 bridgehead atoms. The molecule has 76 valence electrons. The van der Waals surface area contributed by atoms with Crippen LogP contribution in [0.15, 0.2) is 0 Å². The van der Waals surface area contributed by atoms with Gasteiger partial charge in [-0.15, -0.1) is 0 Å². The third-order valence-electron chi connectivity index (χ3n) is 4.20. The molecule has 0 spiro atoms. The van der Waals surface area contributed by atoms with E-state index in [1.54, 1.807) is 7.11 Å². The molecule has 2 aliphatic carbocycles. The highest BCUT2D eigenvalue weighted by atomic mass is 16.5. The zero-order valence-electron chi connectivity index (χ0n) is 8.70.